The first-order chi connectivity index (χ1) is 11.6. The highest BCUT2D eigenvalue weighted by Gasteiger charge is 2.13. The predicted molar refractivity (Wildman–Crippen MR) is 95.1 cm³/mol. The molecule has 24 heavy (non-hydrogen) atoms. The average molecular weight is 336 g/mol. The van der Waals surface area contributed by atoms with Crippen molar-refractivity contribution in [3.8, 4) is 11.8 Å². The van der Waals surface area contributed by atoms with Crippen LogP contribution in [0, 0.1) is 18.8 Å². The van der Waals surface area contributed by atoms with E-state index in [-0.39, 0.29) is 11.5 Å². The standard InChI is InChI=1S/C20H16O3S/c1-16-11-13-19(14-12-16)24(21,22)23-15-5-9-18-8-4-7-17-6-2-3-10-20(17)18/h2-4,6-8,10-14H,15H2,1H3. The highest BCUT2D eigenvalue weighted by molar-refractivity contribution is 7.86. The van der Waals surface area contributed by atoms with Crippen molar-refractivity contribution in [1.29, 1.82) is 0 Å². The molecular weight excluding hydrogens is 320 g/mol. The fraction of sp³-hybridized carbons (Fsp3) is 0.100. The Kier molecular flexibility index (Phi) is 4.66. The van der Waals surface area contributed by atoms with Crippen LogP contribution in [0.4, 0.5) is 0 Å². The van der Waals surface area contributed by atoms with Crippen LogP contribution in [0.3, 0.4) is 0 Å². The second-order valence-electron chi connectivity index (χ2n) is 5.36. The smallest absolute Gasteiger partial charge is 0.253 e. The molecule has 0 aliphatic heterocycles. The number of aryl methyl sites for hydroxylation is 1. The number of hydrogen-bond donors (Lipinski definition) is 0. The molecule has 3 nitrogen and oxygen atoms in total. The highest BCUT2D eigenvalue weighted by Crippen LogP contribution is 2.17. The van der Waals surface area contributed by atoms with Crippen molar-refractivity contribution in [3.63, 3.8) is 0 Å². The largest absolute Gasteiger partial charge is 0.297 e. The Labute approximate surface area is 142 Å². The first kappa shape index (κ1) is 16.3. The van der Waals surface area contributed by atoms with Crippen LogP contribution in [0.2, 0.25) is 0 Å². The first-order valence-electron chi connectivity index (χ1n) is 7.49. The summed E-state index contributed by atoms with van der Waals surface area (Å²) >= 11 is 0. The predicted octanol–water partition coefficient (Wildman–Crippen LogP) is 3.91. The minimum absolute atomic E-state index is 0.139. The number of fused-ring (bicyclic) bond motifs is 1. The molecule has 0 saturated carbocycles. The Bertz CT molecular complexity index is 1020. The molecular formula is C20H16O3S. The fourth-order valence-corrected chi connectivity index (χ4v) is 3.17. The molecule has 4 heteroatoms. The Balaban J connectivity index is 1.75. The third-order valence-electron chi connectivity index (χ3n) is 3.61. The molecule has 3 rings (SSSR count). The first-order valence-corrected chi connectivity index (χ1v) is 8.90. The Morgan fingerprint density at radius 1 is 0.917 bits per heavy atom. The van der Waals surface area contributed by atoms with E-state index >= 15 is 0 Å². The maximum absolute atomic E-state index is 12.1. The van der Waals surface area contributed by atoms with Gasteiger partial charge in [-0.2, -0.15) is 8.42 Å². The molecule has 0 amide bonds. The maximum Gasteiger partial charge on any atom is 0.297 e. The van der Waals surface area contributed by atoms with Crippen molar-refractivity contribution in [1.82, 2.24) is 0 Å². The lowest BCUT2D eigenvalue weighted by Gasteiger charge is -2.03. The molecule has 3 aromatic rings. The van der Waals surface area contributed by atoms with Crippen LogP contribution in [0.15, 0.2) is 71.6 Å². The number of benzene rings is 3. The molecule has 0 fully saturated rings. The zero-order chi connectivity index (χ0) is 17.0. The van der Waals surface area contributed by atoms with Crippen molar-refractivity contribution < 1.29 is 12.6 Å². The summed E-state index contributed by atoms with van der Waals surface area (Å²) in [4.78, 5) is 0.139. The van der Waals surface area contributed by atoms with E-state index in [9.17, 15) is 8.42 Å². The third-order valence-corrected chi connectivity index (χ3v) is 4.89. The molecule has 0 aliphatic rings. The molecule has 0 bridgehead atoms. The zero-order valence-electron chi connectivity index (χ0n) is 13.2. The van der Waals surface area contributed by atoms with Crippen molar-refractivity contribution in [2.24, 2.45) is 0 Å². The summed E-state index contributed by atoms with van der Waals surface area (Å²) < 4.78 is 29.1. The van der Waals surface area contributed by atoms with Crippen LogP contribution in [0.1, 0.15) is 11.1 Å². The van der Waals surface area contributed by atoms with Crippen LogP contribution in [-0.2, 0) is 14.3 Å². The van der Waals surface area contributed by atoms with Crippen molar-refractivity contribution in [2.45, 2.75) is 11.8 Å². The van der Waals surface area contributed by atoms with Gasteiger partial charge in [0.1, 0.15) is 6.61 Å². The molecule has 0 aromatic heterocycles. The van der Waals surface area contributed by atoms with Crippen LogP contribution >= 0.6 is 0 Å². The lowest BCUT2D eigenvalue weighted by molar-refractivity contribution is 0.363. The van der Waals surface area contributed by atoms with Gasteiger partial charge < -0.3 is 0 Å². The Morgan fingerprint density at radius 3 is 2.42 bits per heavy atom. The highest BCUT2D eigenvalue weighted by atomic mass is 32.2. The maximum atomic E-state index is 12.1. The third kappa shape index (κ3) is 3.65. The summed E-state index contributed by atoms with van der Waals surface area (Å²) in [5.41, 5.74) is 1.84. The van der Waals surface area contributed by atoms with E-state index < -0.39 is 10.1 Å². The van der Waals surface area contributed by atoms with Crippen LogP contribution in [0.25, 0.3) is 10.8 Å². The molecule has 0 saturated heterocycles. The minimum Gasteiger partial charge on any atom is -0.253 e. The van der Waals surface area contributed by atoms with Crippen LogP contribution < -0.4 is 0 Å². The lowest BCUT2D eigenvalue weighted by atomic mass is 10.1. The number of hydrogen-bond acceptors (Lipinski definition) is 3. The Morgan fingerprint density at radius 2 is 1.62 bits per heavy atom. The van der Waals surface area contributed by atoms with Gasteiger partial charge in [0.15, 0.2) is 0 Å². The summed E-state index contributed by atoms with van der Waals surface area (Å²) in [7, 11) is -3.78. The van der Waals surface area contributed by atoms with Gasteiger partial charge in [0.2, 0.25) is 0 Å². The summed E-state index contributed by atoms with van der Waals surface area (Å²) in [6.45, 7) is 1.71. The van der Waals surface area contributed by atoms with E-state index in [1.54, 1.807) is 12.1 Å². The topological polar surface area (TPSA) is 43.4 Å². The Hall–Kier alpha value is -2.61. The molecule has 0 aliphatic carbocycles. The second kappa shape index (κ2) is 6.88. The minimum atomic E-state index is -3.78. The molecule has 120 valence electrons. The van der Waals surface area contributed by atoms with E-state index in [0.717, 1.165) is 21.9 Å². The van der Waals surface area contributed by atoms with Crippen molar-refractivity contribution in [3.05, 3.63) is 77.9 Å². The molecule has 0 N–H and O–H groups in total. The zero-order valence-corrected chi connectivity index (χ0v) is 14.0. The summed E-state index contributed by atoms with van der Waals surface area (Å²) in [6, 6.07) is 20.3. The van der Waals surface area contributed by atoms with E-state index in [0.29, 0.717) is 0 Å². The van der Waals surface area contributed by atoms with Gasteiger partial charge >= 0.3 is 0 Å². The van der Waals surface area contributed by atoms with Gasteiger partial charge in [-0.3, -0.25) is 4.18 Å². The van der Waals surface area contributed by atoms with Gasteiger partial charge in [-0.05, 0) is 35.9 Å². The SMILES string of the molecule is Cc1ccc(S(=O)(=O)OCC#Cc2cccc3ccccc23)cc1. The van der Waals surface area contributed by atoms with Crippen molar-refractivity contribution in [2.75, 3.05) is 6.61 Å². The van der Waals surface area contributed by atoms with Gasteiger partial charge in [0.25, 0.3) is 10.1 Å². The summed E-state index contributed by atoms with van der Waals surface area (Å²) in [5.74, 6) is 5.76. The molecule has 0 radical (unpaired) electrons. The van der Waals surface area contributed by atoms with Gasteiger partial charge in [-0.25, -0.2) is 0 Å². The lowest BCUT2D eigenvalue weighted by Crippen LogP contribution is -2.06. The quantitative estimate of drug-likeness (QED) is 0.538. The summed E-state index contributed by atoms with van der Waals surface area (Å²) in [5, 5.41) is 2.13. The average Bonchev–Trinajstić information content (AvgIpc) is 2.59. The monoisotopic (exact) mass is 336 g/mol. The van der Waals surface area contributed by atoms with Gasteiger partial charge in [-0.15, -0.1) is 0 Å². The van der Waals surface area contributed by atoms with Crippen LogP contribution in [0.5, 0.6) is 0 Å². The molecule has 0 unspecified atom stereocenters. The van der Waals surface area contributed by atoms with Crippen LogP contribution in [-0.4, -0.2) is 15.0 Å². The van der Waals surface area contributed by atoms with E-state index in [1.807, 2.05) is 49.4 Å². The second-order valence-corrected chi connectivity index (χ2v) is 6.97. The molecule has 3 aromatic carbocycles. The molecule has 0 heterocycles. The van der Waals surface area contributed by atoms with E-state index in [2.05, 4.69) is 11.8 Å². The molecule has 0 spiro atoms. The van der Waals surface area contributed by atoms with Crippen molar-refractivity contribution >= 4 is 20.9 Å². The number of rotatable bonds is 3. The van der Waals surface area contributed by atoms with E-state index in [1.165, 1.54) is 12.1 Å². The van der Waals surface area contributed by atoms with Gasteiger partial charge in [0.05, 0.1) is 4.90 Å². The molecule has 0 atom stereocenters. The van der Waals surface area contributed by atoms with Gasteiger partial charge in [-0.1, -0.05) is 65.9 Å². The summed E-state index contributed by atoms with van der Waals surface area (Å²) in [6.07, 6.45) is 0. The van der Waals surface area contributed by atoms with E-state index in [4.69, 9.17) is 4.18 Å². The normalized spacial score (nSPS) is 11.0. The van der Waals surface area contributed by atoms with Gasteiger partial charge in [0, 0.05) is 5.56 Å². The fourth-order valence-electron chi connectivity index (χ4n) is 2.35.